The standard InChI is InChI=1S/C22H31NO3/c1-16(2)7-6-10-21(24)18-13-19-11-12-20(14-18)23(19)22(25)26-15-17-8-4-3-5-9-17/h3-5,8-9,16,18-20H,6-7,10-15H2,1-2H3. The van der Waals surface area contributed by atoms with Crippen LogP contribution >= 0.6 is 0 Å². The summed E-state index contributed by atoms with van der Waals surface area (Å²) in [6, 6.07) is 10.1. The maximum atomic E-state index is 12.6. The average molecular weight is 357 g/mol. The lowest BCUT2D eigenvalue weighted by molar-refractivity contribution is -0.125. The predicted octanol–water partition coefficient (Wildman–Crippen LogP) is 4.96. The van der Waals surface area contributed by atoms with Gasteiger partial charge in [-0.3, -0.25) is 4.79 Å². The summed E-state index contributed by atoms with van der Waals surface area (Å²) in [4.78, 5) is 27.0. The maximum Gasteiger partial charge on any atom is 0.410 e. The molecule has 4 heteroatoms. The molecular weight excluding hydrogens is 326 g/mol. The number of piperidine rings is 1. The molecule has 0 aromatic heterocycles. The fourth-order valence-corrected chi connectivity index (χ4v) is 4.42. The number of rotatable bonds is 7. The highest BCUT2D eigenvalue weighted by molar-refractivity contribution is 5.81. The molecule has 4 nitrogen and oxygen atoms in total. The molecule has 3 rings (SSSR count). The smallest absolute Gasteiger partial charge is 0.410 e. The zero-order valence-corrected chi connectivity index (χ0v) is 16.0. The Morgan fingerprint density at radius 1 is 1.12 bits per heavy atom. The zero-order chi connectivity index (χ0) is 18.5. The summed E-state index contributed by atoms with van der Waals surface area (Å²) in [5, 5.41) is 0. The summed E-state index contributed by atoms with van der Waals surface area (Å²) in [5.74, 6) is 1.19. The predicted molar refractivity (Wildman–Crippen MR) is 102 cm³/mol. The minimum Gasteiger partial charge on any atom is -0.445 e. The van der Waals surface area contributed by atoms with Gasteiger partial charge in [-0.25, -0.2) is 4.79 Å². The second-order valence-corrected chi connectivity index (χ2v) is 8.25. The molecule has 2 aliphatic heterocycles. The van der Waals surface area contributed by atoms with Crippen molar-refractivity contribution in [2.24, 2.45) is 11.8 Å². The molecular formula is C22H31NO3. The number of ketones is 1. The van der Waals surface area contributed by atoms with Gasteiger partial charge in [0.25, 0.3) is 0 Å². The molecule has 2 aliphatic rings. The molecule has 142 valence electrons. The van der Waals surface area contributed by atoms with E-state index < -0.39 is 0 Å². The van der Waals surface area contributed by atoms with Crippen LogP contribution in [0, 0.1) is 11.8 Å². The molecule has 26 heavy (non-hydrogen) atoms. The van der Waals surface area contributed by atoms with Gasteiger partial charge in [-0.2, -0.15) is 0 Å². The molecule has 1 aromatic rings. The van der Waals surface area contributed by atoms with Crippen LogP contribution in [0.25, 0.3) is 0 Å². The van der Waals surface area contributed by atoms with E-state index in [0.717, 1.165) is 44.1 Å². The van der Waals surface area contributed by atoms with Crippen molar-refractivity contribution in [2.45, 2.75) is 77.5 Å². The van der Waals surface area contributed by atoms with E-state index in [9.17, 15) is 9.59 Å². The zero-order valence-electron chi connectivity index (χ0n) is 16.0. The number of amides is 1. The first kappa shape index (κ1) is 18.9. The first-order chi connectivity index (χ1) is 12.5. The van der Waals surface area contributed by atoms with E-state index in [1.165, 1.54) is 0 Å². The number of ether oxygens (including phenoxy) is 1. The SMILES string of the molecule is CC(C)CCCC(=O)C1CC2CCC(C1)N2C(=O)OCc1ccccc1. The van der Waals surface area contributed by atoms with Crippen molar-refractivity contribution in [1.29, 1.82) is 0 Å². The summed E-state index contributed by atoms with van der Waals surface area (Å²) in [6.45, 7) is 4.71. The van der Waals surface area contributed by atoms with Crippen LogP contribution in [0.3, 0.4) is 0 Å². The molecule has 1 aromatic carbocycles. The van der Waals surface area contributed by atoms with Crippen LogP contribution in [0.5, 0.6) is 0 Å². The maximum absolute atomic E-state index is 12.6. The van der Waals surface area contributed by atoms with Crippen molar-refractivity contribution in [2.75, 3.05) is 0 Å². The first-order valence-electron chi connectivity index (χ1n) is 10.1. The van der Waals surface area contributed by atoms with Gasteiger partial charge in [0.2, 0.25) is 0 Å². The minimum absolute atomic E-state index is 0.137. The topological polar surface area (TPSA) is 46.6 Å². The number of hydrogen-bond donors (Lipinski definition) is 0. The lowest BCUT2D eigenvalue weighted by Crippen LogP contribution is -2.48. The largest absolute Gasteiger partial charge is 0.445 e. The molecule has 0 N–H and O–H groups in total. The van der Waals surface area contributed by atoms with E-state index in [2.05, 4.69) is 13.8 Å². The van der Waals surface area contributed by atoms with Crippen LogP contribution in [0.1, 0.15) is 64.4 Å². The van der Waals surface area contributed by atoms with E-state index in [4.69, 9.17) is 4.74 Å². The third-order valence-electron chi connectivity index (χ3n) is 5.81. The Balaban J connectivity index is 1.50. The van der Waals surface area contributed by atoms with Gasteiger partial charge in [0.15, 0.2) is 0 Å². The van der Waals surface area contributed by atoms with Gasteiger partial charge in [-0.05, 0) is 43.6 Å². The van der Waals surface area contributed by atoms with Crippen LogP contribution in [0.15, 0.2) is 30.3 Å². The monoisotopic (exact) mass is 357 g/mol. The van der Waals surface area contributed by atoms with Crippen molar-refractivity contribution in [3.63, 3.8) is 0 Å². The fraction of sp³-hybridized carbons (Fsp3) is 0.636. The van der Waals surface area contributed by atoms with Gasteiger partial charge in [-0.1, -0.05) is 50.6 Å². The molecule has 2 unspecified atom stereocenters. The number of Topliss-reactive ketones (excluding diaryl/α,β-unsaturated/α-hetero) is 1. The Morgan fingerprint density at radius 3 is 2.38 bits per heavy atom. The molecule has 2 bridgehead atoms. The van der Waals surface area contributed by atoms with E-state index >= 15 is 0 Å². The summed E-state index contributed by atoms with van der Waals surface area (Å²) in [6.07, 6.45) is 6.22. The van der Waals surface area contributed by atoms with Crippen LogP contribution in [0.2, 0.25) is 0 Å². The minimum atomic E-state index is -0.216. The lowest BCUT2D eigenvalue weighted by Gasteiger charge is -2.37. The molecule has 0 spiro atoms. The second-order valence-electron chi connectivity index (χ2n) is 8.25. The second kappa shape index (κ2) is 8.70. The normalized spacial score (nSPS) is 24.7. The summed E-state index contributed by atoms with van der Waals surface area (Å²) in [7, 11) is 0. The van der Waals surface area contributed by atoms with Gasteiger partial charge in [0, 0.05) is 24.4 Å². The third-order valence-corrected chi connectivity index (χ3v) is 5.81. The molecule has 0 aliphatic carbocycles. The van der Waals surface area contributed by atoms with Crippen molar-refractivity contribution >= 4 is 11.9 Å². The van der Waals surface area contributed by atoms with Gasteiger partial charge in [0.1, 0.15) is 12.4 Å². The number of nitrogens with zero attached hydrogens (tertiary/aromatic N) is 1. The quantitative estimate of drug-likeness (QED) is 0.693. The molecule has 2 saturated heterocycles. The van der Waals surface area contributed by atoms with Gasteiger partial charge in [-0.15, -0.1) is 0 Å². The molecule has 2 fully saturated rings. The molecule has 2 heterocycles. The first-order valence-corrected chi connectivity index (χ1v) is 10.1. The van der Waals surface area contributed by atoms with Crippen molar-refractivity contribution in [1.82, 2.24) is 4.90 Å². The Kier molecular flexibility index (Phi) is 6.33. The average Bonchev–Trinajstić information content (AvgIpc) is 2.90. The van der Waals surface area contributed by atoms with Gasteiger partial charge in [0.05, 0.1) is 0 Å². The van der Waals surface area contributed by atoms with E-state index in [0.29, 0.717) is 24.7 Å². The molecule has 0 radical (unpaired) electrons. The molecule has 0 saturated carbocycles. The highest BCUT2D eigenvalue weighted by Crippen LogP contribution is 2.40. The summed E-state index contributed by atoms with van der Waals surface area (Å²) >= 11 is 0. The Bertz CT molecular complexity index is 599. The highest BCUT2D eigenvalue weighted by atomic mass is 16.6. The van der Waals surface area contributed by atoms with Crippen molar-refractivity contribution in [3.05, 3.63) is 35.9 Å². The third kappa shape index (κ3) is 4.66. The molecule has 1 amide bonds. The highest BCUT2D eigenvalue weighted by Gasteiger charge is 2.45. The lowest BCUT2D eigenvalue weighted by atomic mass is 9.85. The Labute approximate surface area is 156 Å². The van der Waals surface area contributed by atoms with E-state index in [1.54, 1.807) is 0 Å². The van der Waals surface area contributed by atoms with Crippen LogP contribution in [0.4, 0.5) is 4.79 Å². The number of fused-ring (bicyclic) bond motifs is 2. The number of benzene rings is 1. The number of carbonyl (C=O) groups excluding carboxylic acids is 2. The van der Waals surface area contributed by atoms with Crippen LogP contribution < -0.4 is 0 Å². The Morgan fingerprint density at radius 2 is 1.77 bits per heavy atom. The molecule has 2 atom stereocenters. The van der Waals surface area contributed by atoms with E-state index in [-0.39, 0.29) is 24.1 Å². The van der Waals surface area contributed by atoms with E-state index in [1.807, 2.05) is 35.2 Å². The summed E-state index contributed by atoms with van der Waals surface area (Å²) < 4.78 is 5.54. The summed E-state index contributed by atoms with van der Waals surface area (Å²) in [5.41, 5.74) is 1.00. The van der Waals surface area contributed by atoms with Crippen LogP contribution in [-0.4, -0.2) is 28.9 Å². The Hall–Kier alpha value is -1.84. The van der Waals surface area contributed by atoms with Crippen LogP contribution in [-0.2, 0) is 16.1 Å². The number of carbonyl (C=O) groups is 2. The van der Waals surface area contributed by atoms with Crippen molar-refractivity contribution in [3.8, 4) is 0 Å². The fourth-order valence-electron chi connectivity index (χ4n) is 4.42. The van der Waals surface area contributed by atoms with Crippen molar-refractivity contribution < 1.29 is 14.3 Å². The van der Waals surface area contributed by atoms with Gasteiger partial charge < -0.3 is 9.64 Å². The van der Waals surface area contributed by atoms with Gasteiger partial charge >= 0.3 is 6.09 Å². The number of hydrogen-bond acceptors (Lipinski definition) is 3.